The molecule has 0 fully saturated rings. The molecular weight excluding hydrogens is 202 g/mol. The second-order valence-electron chi connectivity index (χ2n) is 2.36. The molecule has 1 aromatic heterocycles. The number of hydrogen-bond donors (Lipinski definition) is 1. The first-order chi connectivity index (χ1) is 4.86. The summed E-state index contributed by atoms with van der Waals surface area (Å²) in [7, 11) is 0. The number of fused-ring (bicyclic) bond motifs is 1. The zero-order chi connectivity index (χ0) is 6.97. The first-order valence-electron chi connectivity index (χ1n) is 3.20. The van der Waals surface area contributed by atoms with Crippen LogP contribution in [0.1, 0.15) is 11.3 Å². The van der Waals surface area contributed by atoms with Gasteiger partial charge in [-0.05, 0) is 11.6 Å². The number of rotatable bonds is 0. The summed E-state index contributed by atoms with van der Waals surface area (Å²) < 4.78 is 12.5. The largest absolute Gasteiger partial charge is 0.307 e. The zero-order valence-electron chi connectivity index (χ0n) is 6.21. The average Bonchev–Trinajstić information content (AvgIpc) is 2.33. The van der Waals surface area contributed by atoms with Crippen molar-refractivity contribution < 1.29 is 4.39 Å². The lowest BCUT2D eigenvalue weighted by molar-refractivity contribution is 0.618. The van der Waals surface area contributed by atoms with Gasteiger partial charge in [0, 0.05) is 13.1 Å². The molecule has 1 aliphatic rings. The Hall–Kier alpha value is -0.380. The summed E-state index contributed by atoms with van der Waals surface area (Å²) in [6, 6.07) is 1.53. The quantitative estimate of drug-likeness (QED) is 0.705. The molecule has 0 saturated heterocycles. The Morgan fingerprint density at radius 3 is 2.83 bits per heavy atom. The average molecular weight is 211 g/mol. The number of halogens is 3. The summed E-state index contributed by atoms with van der Waals surface area (Å²) in [5.74, 6) is -0.248. The highest BCUT2D eigenvalue weighted by molar-refractivity contribution is 5.85. The molecule has 0 atom stereocenters. The molecule has 0 saturated carbocycles. The summed E-state index contributed by atoms with van der Waals surface area (Å²) in [6.45, 7) is 1.52. The Morgan fingerprint density at radius 2 is 2.08 bits per heavy atom. The van der Waals surface area contributed by atoms with Crippen molar-refractivity contribution in [3.05, 3.63) is 29.3 Å². The number of hydrogen-bond acceptors (Lipinski definition) is 2. The third kappa shape index (κ3) is 2.06. The molecule has 0 amide bonds. The lowest BCUT2D eigenvalue weighted by Crippen LogP contribution is -2.00. The Kier molecular flexibility index (Phi) is 4.45. The van der Waals surface area contributed by atoms with E-state index in [9.17, 15) is 4.39 Å². The van der Waals surface area contributed by atoms with E-state index in [1.807, 2.05) is 0 Å². The first kappa shape index (κ1) is 11.6. The van der Waals surface area contributed by atoms with E-state index in [4.69, 9.17) is 0 Å². The van der Waals surface area contributed by atoms with Gasteiger partial charge in [-0.1, -0.05) is 0 Å². The zero-order valence-corrected chi connectivity index (χ0v) is 7.84. The van der Waals surface area contributed by atoms with Crippen LogP contribution in [0, 0.1) is 5.82 Å². The fourth-order valence-corrected chi connectivity index (χ4v) is 1.14. The lowest BCUT2D eigenvalue weighted by atomic mass is 10.2. The van der Waals surface area contributed by atoms with Crippen LogP contribution >= 0.6 is 24.8 Å². The van der Waals surface area contributed by atoms with Crippen molar-refractivity contribution >= 4 is 24.8 Å². The minimum absolute atomic E-state index is 0. The van der Waals surface area contributed by atoms with Crippen LogP contribution in [0.3, 0.4) is 0 Å². The predicted molar refractivity (Wildman–Crippen MR) is 49.2 cm³/mol. The fourth-order valence-electron chi connectivity index (χ4n) is 1.14. The molecule has 0 bridgehead atoms. The maximum atomic E-state index is 12.5. The van der Waals surface area contributed by atoms with Crippen LogP contribution in [-0.2, 0) is 13.1 Å². The third-order valence-electron chi connectivity index (χ3n) is 1.63. The lowest BCUT2D eigenvalue weighted by Gasteiger charge is -1.93. The third-order valence-corrected chi connectivity index (χ3v) is 1.63. The van der Waals surface area contributed by atoms with Crippen molar-refractivity contribution in [2.75, 3.05) is 0 Å². The first-order valence-corrected chi connectivity index (χ1v) is 3.20. The highest BCUT2D eigenvalue weighted by atomic mass is 35.5. The van der Waals surface area contributed by atoms with E-state index in [0.717, 1.165) is 24.3 Å². The smallest absolute Gasteiger partial charge is 0.141 e. The van der Waals surface area contributed by atoms with Gasteiger partial charge in [0.15, 0.2) is 0 Å². The molecular formula is C7H9Cl2FN2. The van der Waals surface area contributed by atoms with Crippen molar-refractivity contribution in [2.24, 2.45) is 0 Å². The second-order valence-corrected chi connectivity index (χ2v) is 2.36. The van der Waals surface area contributed by atoms with Crippen molar-refractivity contribution in [1.29, 1.82) is 0 Å². The molecule has 2 heterocycles. The van der Waals surface area contributed by atoms with Crippen LogP contribution in [0.25, 0.3) is 0 Å². The summed E-state index contributed by atoms with van der Waals surface area (Å²) >= 11 is 0. The topological polar surface area (TPSA) is 24.9 Å². The molecule has 0 radical (unpaired) electrons. The van der Waals surface area contributed by atoms with Gasteiger partial charge in [-0.15, -0.1) is 24.8 Å². The van der Waals surface area contributed by atoms with Crippen LogP contribution in [0.5, 0.6) is 0 Å². The van der Waals surface area contributed by atoms with E-state index >= 15 is 0 Å². The SMILES string of the molecule is Cl.Cl.Fc1cnc2c(c1)CNC2. The molecule has 0 aromatic carbocycles. The Bertz CT molecular complexity index is 268. The number of nitrogens with zero attached hydrogens (tertiary/aromatic N) is 1. The van der Waals surface area contributed by atoms with Crippen molar-refractivity contribution in [1.82, 2.24) is 10.3 Å². The molecule has 1 N–H and O–H groups in total. The van der Waals surface area contributed by atoms with Gasteiger partial charge in [0.25, 0.3) is 0 Å². The van der Waals surface area contributed by atoms with E-state index in [2.05, 4.69) is 10.3 Å². The monoisotopic (exact) mass is 210 g/mol. The fraction of sp³-hybridized carbons (Fsp3) is 0.286. The normalized spacial score (nSPS) is 12.8. The van der Waals surface area contributed by atoms with E-state index in [0.29, 0.717) is 0 Å². The summed E-state index contributed by atoms with van der Waals surface area (Å²) in [6.07, 6.45) is 1.26. The Morgan fingerprint density at radius 1 is 1.33 bits per heavy atom. The molecule has 1 aromatic rings. The van der Waals surface area contributed by atoms with Gasteiger partial charge in [-0.2, -0.15) is 0 Å². The highest BCUT2D eigenvalue weighted by Crippen LogP contribution is 2.12. The molecule has 2 nitrogen and oxygen atoms in total. The number of nitrogens with one attached hydrogen (secondary N) is 1. The minimum atomic E-state index is -0.248. The maximum Gasteiger partial charge on any atom is 0.141 e. The van der Waals surface area contributed by atoms with Crippen LogP contribution in [0.15, 0.2) is 12.3 Å². The van der Waals surface area contributed by atoms with Crippen LogP contribution in [0.4, 0.5) is 4.39 Å². The van der Waals surface area contributed by atoms with Gasteiger partial charge in [-0.25, -0.2) is 4.39 Å². The van der Waals surface area contributed by atoms with Crippen molar-refractivity contribution in [3.8, 4) is 0 Å². The molecule has 1 aliphatic heterocycles. The second kappa shape index (κ2) is 4.60. The molecule has 68 valence electrons. The summed E-state index contributed by atoms with van der Waals surface area (Å²) in [4.78, 5) is 3.92. The molecule has 2 rings (SSSR count). The summed E-state index contributed by atoms with van der Waals surface area (Å²) in [5.41, 5.74) is 1.96. The molecule has 0 spiro atoms. The van der Waals surface area contributed by atoms with Gasteiger partial charge in [0.1, 0.15) is 5.82 Å². The number of aromatic nitrogens is 1. The molecule has 5 heteroatoms. The number of pyridine rings is 1. The van der Waals surface area contributed by atoms with Gasteiger partial charge < -0.3 is 5.32 Å². The van der Waals surface area contributed by atoms with Crippen molar-refractivity contribution in [3.63, 3.8) is 0 Å². The summed E-state index contributed by atoms with van der Waals surface area (Å²) in [5, 5.41) is 3.09. The van der Waals surface area contributed by atoms with Crippen LogP contribution in [-0.4, -0.2) is 4.98 Å². The van der Waals surface area contributed by atoms with E-state index < -0.39 is 0 Å². The highest BCUT2D eigenvalue weighted by Gasteiger charge is 2.10. The van der Waals surface area contributed by atoms with E-state index in [1.165, 1.54) is 12.3 Å². The van der Waals surface area contributed by atoms with Gasteiger partial charge in [-0.3, -0.25) is 4.98 Å². The maximum absolute atomic E-state index is 12.5. The van der Waals surface area contributed by atoms with Crippen LogP contribution in [0.2, 0.25) is 0 Å². The standard InChI is InChI=1S/C7H7FN2.2ClH/c8-6-1-5-2-9-4-7(5)10-3-6;;/h1,3,9H,2,4H2;2*1H. The van der Waals surface area contributed by atoms with E-state index in [-0.39, 0.29) is 30.6 Å². The molecule has 0 unspecified atom stereocenters. The Balaban J connectivity index is 0.000000605. The van der Waals surface area contributed by atoms with Gasteiger partial charge >= 0.3 is 0 Å². The van der Waals surface area contributed by atoms with Gasteiger partial charge in [0.2, 0.25) is 0 Å². The molecule has 12 heavy (non-hydrogen) atoms. The molecule has 0 aliphatic carbocycles. The van der Waals surface area contributed by atoms with E-state index in [1.54, 1.807) is 0 Å². The van der Waals surface area contributed by atoms with Gasteiger partial charge in [0.05, 0.1) is 11.9 Å². The predicted octanol–water partition coefficient (Wildman–Crippen LogP) is 1.67. The van der Waals surface area contributed by atoms with Crippen LogP contribution < -0.4 is 5.32 Å². The minimum Gasteiger partial charge on any atom is -0.307 e. The Labute approximate surface area is 82.4 Å². The van der Waals surface area contributed by atoms with Crippen molar-refractivity contribution in [2.45, 2.75) is 13.1 Å².